The lowest BCUT2D eigenvalue weighted by atomic mass is 10.3. The van der Waals surface area contributed by atoms with Crippen LogP contribution in [0.4, 0.5) is 5.69 Å². The van der Waals surface area contributed by atoms with Crippen LogP contribution in [0.2, 0.25) is 0 Å². The second-order valence-electron chi connectivity index (χ2n) is 3.43. The molecule has 0 aliphatic carbocycles. The fourth-order valence-electron chi connectivity index (χ4n) is 1.17. The number of benzene rings is 1. The highest BCUT2D eigenvalue weighted by Crippen LogP contribution is 2.15. The summed E-state index contributed by atoms with van der Waals surface area (Å²) in [6.45, 7) is 2.31. The zero-order valence-electron chi connectivity index (χ0n) is 9.55. The Bertz CT molecular complexity index is 490. The van der Waals surface area contributed by atoms with Crippen molar-refractivity contribution in [1.29, 1.82) is 0 Å². The summed E-state index contributed by atoms with van der Waals surface area (Å²) >= 11 is 0. The number of sulfonamides is 1. The maximum absolute atomic E-state index is 11.7. The first-order valence-corrected chi connectivity index (χ1v) is 6.63. The maximum Gasteiger partial charge on any atom is 0.240 e. The van der Waals surface area contributed by atoms with Gasteiger partial charge in [0.15, 0.2) is 5.96 Å². The maximum atomic E-state index is 11.7. The quantitative estimate of drug-likeness (QED) is 0.519. The largest absolute Gasteiger partial charge is 0.370 e. The average molecular weight is 256 g/mol. The second kappa shape index (κ2) is 5.65. The predicted octanol–water partition coefficient (Wildman–Crippen LogP) is 0.280. The van der Waals surface area contributed by atoms with Crippen molar-refractivity contribution in [2.75, 3.05) is 6.54 Å². The van der Waals surface area contributed by atoms with Gasteiger partial charge in [0, 0.05) is 6.54 Å². The summed E-state index contributed by atoms with van der Waals surface area (Å²) in [5, 5.41) is 0. The van der Waals surface area contributed by atoms with Crippen LogP contribution in [0.3, 0.4) is 0 Å². The van der Waals surface area contributed by atoms with E-state index < -0.39 is 10.0 Å². The van der Waals surface area contributed by atoms with Crippen molar-refractivity contribution in [3.05, 3.63) is 24.3 Å². The van der Waals surface area contributed by atoms with Gasteiger partial charge in [0.1, 0.15) is 0 Å². The molecule has 5 N–H and O–H groups in total. The highest BCUT2D eigenvalue weighted by molar-refractivity contribution is 7.89. The van der Waals surface area contributed by atoms with Gasteiger partial charge in [0.2, 0.25) is 10.0 Å². The Morgan fingerprint density at radius 3 is 2.35 bits per heavy atom. The lowest BCUT2D eigenvalue weighted by Crippen LogP contribution is -2.24. The van der Waals surface area contributed by atoms with Crippen molar-refractivity contribution in [3.63, 3.8) is 0 Å². The third-order valence-corrected chi connectivity index (χ3v) is 3.42. The van der Waals surface area contributed by atoms with E-state index in [9.17, 15) is 8.42 Å². The third-order valence-electron chi connectivity index (χ3n) is 1.95. The molecule has 1 aromatic carbocycles. The van der Waals surface area contributed by atoms with E-state index in [1.165, 1.54) is 12.1 Å². The molecule has 1 aromatic rings. The van der Waals surface area contributed by atoms with Crippen molar-refractivity contribution in [2.45, 2.75) is 18.2 Å². The van der Waals surface area contributed by atoms with E-state index in [2.05, 4.69) is 9.71 Å². The molecule has 0 fully saturated rings. The molecule has 0 aliphatic rings. The number of aliphatic imine (C=N–C) groups is 1. The van der Waals surface area contributed by atoms with Gasteiger partial charge in [-0.15, -0.1) is 0 Å². The summed E-state index contributed by atoms with van der Waals surface area (Å²) < 4.78 is 25.9. The van der Waals surface area contributed by atoms with E-state index in [-0.39, 0.29) is 10.9 Å². The van der Waals surface area contributed by atoms with E-state index in [0.717, 1.165) is 6.42 Å². The molecule has 0 aromatic heterocycles. The first-order chi connectivity index (χ1) is 7.95. The topological polar surface area (TPSA) is 111 Å². The highest BCUT2D eigenvalue weighted by Gasteiger charge is 2.12. The average Bonchev–Trinajstić information content (AvgIpc) is 2.26. The van der Waals surface area contributed by atoms with Gasteiger partial charge in [0.05, 0.1) is 10.6 Å². The van der Waals surface area contributed by atoms with Crippen LogP contribution in [0.1, 0.15) is 13.3 Å². The first kappa shape index (κ1) is 13.5. The van der Waals surface area contributed by atoms with Crippen molar-refractivity contribution >= 4 is 21.7 Å². The molecular weight excluding hydrogens is 240 g/mol. The number of hydrogen-bond acceptors (Lipinski definition) is 3. The number of nitrogens with two attached hydrogens (primary N) is 2. The molecular formula is C10H16N4O2S. The smallest absolute Gasteiger partial charge is 0.240 e. The van der Waals surface area contributed by atoms with Crippen molar-refractivity contribution in [3.8, 4) is 0 Å². The van der Waals surface area contributed by atoms with Crippen LogP contribution < -0.4 is 16.2 Å². The van der Waals surface area contributed by atoms with Crippen LogP contribution in [-0.4, -0.2) is 20.9 Å². The van der Waals surface area contributed by atoms with Crippen LogP contribution in [0.5, 0.6) is 0 Å². The van der Waals surface area contributed by atoms with Crippen LogP contribution in [-0.2, 0) is 10.0 Å². The summed E-state index contributed by atoms with van der Waals surface area (Å²) in [6, 6.07) is 6.00. The molecule has 7 heteroatoms. The van der Waals surface area contributed by atoms with Gasteiger partial charge < -0.3 is 11.5 Å². The number of rotatable bonds is 5. The van der Waals surface area contributed by atoms with Crippen LogP contribution in [0, 0.1) is 0 Å². The molecule has 0 atom stereocenters. The molecule has 94 valence electrons. The van der Waals surface area contributed by atoms with Gasteiger partial charge in [-0.25, -0.2) is 18.1 Å². The Morgan fingerprint density at radius 2 is 1.88 bits per heavy atom. The number of guanidine groups is 1. The van der Waals surface area contributed by atoms with E-state index in [1.54, 1.807) is 12.1 Å². The molecule has 0 bridgehead atoms. The number of hydrogen-bond donors (Lipinski definition) is 3. The summed E-state index contributed by atoms with van der Waals surface area (Å²) in [7, 11) is -3.43. The van der Waals surface area contributed by atoms with Gasteiger partial charge in [-0.3, -0.25) is 0 Å². The van der Waals surface area contributed by atoms with Gasteiger partial charge >= 0.3 is 0 Å². The second-order valence-corrected chi connectivity index (χ2v) is 5.20. The van der Waals surface area contributed by atoms with Crippen molar-refractivity contribution < 1.29 is 8.42 Å². The molecule has 0 saturated heterocycles. The Morgan fingerprint density at radius 1 is 1.29 bits per heavy atom. The van der Waals surface area contributed by atoms with Crippen LogP contribution in [0.25, 0.3) is 0 Å². The van der Waals surface area contributed by atoms with E-state index in [4.69, 9.17) is 11.5 Å². The van der Waals surface area contributed by atoms with E-state index >= 15 is 0 Å². The molecule has 17 heavy (non-hydrogen) atoms. The summed E-state index contributed by atoms with van der Waals surface area (Å²) in [6.07, 6.45) is 0.741. The molecule has 0 amide bonds. The lowest BCUT2D eigenvalue weighted by molar-refractivity contribution is 0.581. The SMILES string of the molecule is CCCNS(=O)(=O)c1ccc(N=C(N)N)cc1. The number of nitrogens with zero attached hydrogens (tertiary/aromatic N) is 1. The standard InChI is InChI=1S/C10H16N4O2S/c1-2-7-13-17(15,16)9-5-3-8(4-6-9)14-10(11)12/h3-6,13H,2,7H2,1H3,(H4,11,12,14). The molecule has 0 heterocycles. The van der Waals surface area contributed by atoms with Crippen LogP contribution >= 0.6 is 0 Å². The zero-order chi connectivity index (χ0) is 12.9. The summed E-state index contributed by atoms with van der Waals surface area (Å²) in [5.74, 6) is -0.0651. The minimum absolute atomic E-state index is 0.0651. The summed E-state index contributed by atoms with van der Waals surface area (Å²) in [5.41, 5.74) is 10.9. The van der Waals surface area contributed by atoms with Gasteiger partial charge in [-0.1, -0.05) is 6.92 Å². The first-order valence-electron chi connectivity index (χ1n) is 5.15. The summed E-state index contributed by atoms with van der Waals surface area (Å²) in [4.78, 5) is 4.00. The van der Waals surface area contributed by atoms with E-state index in [0.29, 0.717) is 12.2 Å². The van der Waals surface area contributed by atoms with Crippen LogP contribution in [0.15, 0.2) is 34.2 Å². The van der Waals surface area contributed by atoms with Crippen molar-refractivity contribution in [2.24, 2.45) is 16.5 Å². The van der Waals surface area contributed by atoms with Gasteiger partial charge in [-0.05, 0) is 30.7 Å². The molecule has 0 saturated carbocycles. The predicted molar refractivity (Wildman–Crippen MR) is 67.4 cm³/mol. The van der Waals surface area contributed by atoms with Crippen molar-refractivity contribution in [1.82, 2.24) is 4.72 Å². The number of nitrogens with one attached hydrogen (secondary N) is 1. The van der Waals surface area contributed by atoms with Gasteiger partial charge in [-0.2, -0.15) is 0 Å². The minimum atomic E-state index is -3.43. The Balaban J connectivity index is 2.91. The lowest BCUT2D eigenvalue weighted by Gasteiger charge is -2.05. The zero-order valence-corrected chi connectivity index (χ0v) is 10.4. The molecule has 1 rings (SSSR count). The Hall–Kier alpha value is -1.60. The Labute approximate surface area is 101 Å². The molecule has 6 nitrogen and oxygen atoms in total. The molecule has 0 unspecified atom stereocenters. The minimum Gasteiger partial charge on any atom is -0.370 e. The molecule has 0 radical (unpaired) electrons. The fraction of sp³-hybridized carbons (Fsp3) is 0.300. The monoisotopic (exact) mass is 256 g/mol. The van der Waals surface area contributed by atoms with E-state index in [1.807, 2.05) is 6.92 Å². The molecule has 0 aliphatic heterocycles. The normalized spacial score (nSPS) is 11.1. The fourth-order valence-corrected chi connectivity index (χ4v) is 2.30. The van der Waals surface area contributed by atoms with Gasteiger partial charge in [0.25, 0.3) is 0 Å². The Kier molecular flexibility index (Phi) is 4.47. The molecule has 0 spiro atoms. The third kappa shape index (κ3) is 4.04. The highest BCUT2D eigenvalue weighted by atomic mass is 32.2.